The van der Waals surface area contributed by atoms with Gasteiger partial charge in [-0.1, -0.05) is 23.2 Å². The van der Waals surface area contributed by atoms with Crippen molar-refractivity contribution in [2.75, 3.05) is 0 Å². The minimum Gasteiger partial charge on any atom is -0.478 e. The summed E-state index contributed by atoms with van der Waals surface area (Å²) in [5, 5.41) is 13.2. The molecule has 0 radical (unpaired) electrons. The van der Waals surface area contributed by atoms with Crippen LogP contribution in [-0.4, -0.2) is 36.7 Å². The van der Waals surface area contributed by atoms with Crippen molar-refractivity contribution in [3.8, 4) is 11.3 Å². The highest BCUT2D eigenvalue weighted by molar-refractivity contribution is 6.38. The number of hydrogen-bond acceptors (Lipinski definition) is 5. The molecule has 10 heteroatoms. The maximum Gasteiger partial charge on any atom is 0.335 e. The number of aromatic carboxylic acids is 1. The molecule has 3 aromatic rings. The molecule has 1 aromatic carbocycles. The number of carboxylic acids is 1. The van der Waals surface area contributed by atoms with Crippen molar-refractivity contribution in [1.82, 2.24) is 19.7 Å². The van der Waals surface area contributed by atoms with E-state index in [1.807, 2.05) is 0 Å². The molecule has 0 bridgehead atoms. The summed E-state index contributed by atoms with van der Waals surface area (Å²) >= 11 is 12.1. The molecule has 0 unspecified atom stereocenters. The van der Waals surface area contributed by atoms with Gasteiger partial charge in [0.1, 0.15) is 28.0 Å². The highest BCUT2D eigenvalue weighted by Gasteiger charge is 2.29. The van der Waals surface area contributed by atoms with Gasteiger partial charge in [-0.05, 0) is 43.9 Å². The van der Waals surface area contributed by atoms with Crippen molar-refractivity contribution in [2.45, 2.75) is 25.7 Å². The van der Waals surface area contributed by atoms with Crippen LogP contribution in [0, 0.1) is 5.82 Å². The number of hydrogen-bond donors (Lipinski definition) is 1. The highest BCUT2D eigenvalue weighted by Crippen LogP contribution is 2.34. The summed E-state index contributed by atoms with van der Waals surface area (Å²) in [7, 11) is 0. The second kappa shape index (κ2) is 7.53. The number of nitrogens with zero attached hydrogens (tertiary/aromatic N) is 4. The van der Waals surface area contributed by atoms with Gasteiger partial charge in [0, 0.05) is 11.1 Å². The molecule has 2 heterocycles. The fraction of sp³-hybridized carbons (Fsp3) is 0.211. The first kappa shape index (κ1) is 19.5. The van der Waals surface area contributed by atoms with Crippen molar-refractivity contribution in [3.05, 3.63) is 63.0 Å². The number of carbonyl (C=O) groups is 2. The number of carboxylic acid groups (broad SMARTS) is 1. The average Bonchev–Trinajstić information content (AvgIpc) is 3.07. The molecule has 0 amide bonds. The van der Waals surface area contributed by atoms with Crippen molar-refractivity contribution in [2.24, 2.45) is 0 Å². The van der Waals surface area contributed by atoms with E-state index in [9.17, 15) is 14.0 Å². The standard InChI is InChI=1S/C19H13Cl2FN4O3/c20-16-14(17(21)24-8-23-16)18(27)26-13-4-2-1-3-11(13)15(25-26)10-6-5-9(19(28)29)7-12(10)22/h5-8H,1-4H2,(H,28,29). The molecule has 0 saturated carbocycles. The Morgan fingerprint density at radius 3 is 2.45 bits per heavy atom. The lowest BCUT2D eigenvalue weighted by Crippen LogP contribution is -2.20. The number of halogens is 3. The van der Waals surface area contributed by atoms with Gasteiger partial charge in [-0.15, -0.1) is 0 Å². The SMILES string of the molecule is O=C(O)c1ccc(-c2nn(C(=O)c3c(Cl)ncnc3Cl)c3c2CCCC3)c(F)c1. The molecular weight excluding hydrogens is 422 g/mol. The third-order valence-corrected chi connectivity index (χ3v) is 5.39. The lowest BCUT2D eigenvalue weighted by atomic mass is 9.93. The summed E-state index contributed by atoms with van der Waals surface area (Å²) in [6.07, 6.45) is 4.05. The number of benzene rings is 1. The lowest BCUT2D eigenvalue weighted by Gasteiger charge is -2.14. The van der Waals surface area contributed by atoms with Crippen LogP contribution in [0.2, 0.25) is 10.3 Å². The molecule has 29 heavy (non-hydrogen) atoms. The molecule has 0 spiro atoms. The second-order valence-corrected chi connectivity index (χ2v) is 7.24. The third-order valence-electron chi connectivity index (χ3n) is 4.81. The molecule has 7 nitrogen and oxygen atoms in total. The Labute approximate surface area is 174 Å². The predicted molar refractivity (Wildman–Crippen MR) is 103 cm³/mol. The molecule has 1 aliphatic rings. The van der Waals surface area contributed by atoms with Crippen molar-refractivity contribution in [3.63, 3.8) is 0 Å². The Balaban J connectivity index is 1.88. The third kappa shape index (κ3) is 3.38. The zero-order chi connectivity index (χ0) is 20.7. The van der Waals surface area contributed by atoms with Crippen LogP contribution in [0.15, 0.2) is 24.5 Å². The lowest BCUT2D eigenvalue weighted by molar-refractivity contribution is 0.0696. The van der Waals surface area contributed by atoms with E-state index in [2.05, 4.69) is 15.1 Å². The first-order valence-corrected chi connectivity index (χ1v) is 9.48. The fourth-order valence-electron chi connectivity index (χ4n) is 3.45. The largest absolute Gasteiger partial charge is 0.478 e. The van der Waals surface area contributed by atoms with Gasteiger partial charge in [0.15, 0.2) is 0 Å². The first-order valence-electron chi connectivity index (χ1n) is 8.73. The molecule has 0 saturated heterocycles. The molecule has 1 aliphatic carbocycles. The van der Waals surface area contributed by atoms with Gasteiger partial charge >= 0.3 is 5.97 Å². The van der Waals surface area contributed by atoms with Crippen LogP contribution < -0.4 is 0 Å². The number of fused-ring (bicyclic) bond motifs is 1. The molecule has 2 aromatic heterocycles. The normalized spacial score (nSPS) is 13.2. The Bertz CT molecular complexity index is 1140. The molecule has 4 rings (SSSR count). The molecule has 0 aliphatic heterocycles. The van der Waals surface area contributed by atoms with Gasteiger partial charge in [0.2, 0.25) is 0 Å². The number of rotatable bonds is 3. The van der Waals surface area contributed by atoms with Crippen LogP contribution >= 0.6 is 23.2 Å². The van der Waals surface area contributed by atoms with Crippen molar-refractivity contribution < 1.29 is 19.1 Å². The quantitative estimate of drug-likeness (QED) is 0.624. The molecule has 0 atom stereocenters. The summed E-state index contributed by atoms with van der Waals surface area (Å²) in [5.74, 6) is -2.56. The van der Waals surface area contributed by atoms with Gasteiger partial charge < -0.3 is 5.11 Å². The molecule has 148 valence electrons. The van der Waals surface area contributed by atoms with Crippen molar-refractivity contribution in [1.29, 1.82) is 0 Å². The van der Waals surface area contributed by atoms with Gasteiger partial charge in [0.25, 0.3) is 5.91 Å². The zero-order valence-electron chi connectivity index (χ0n) is 14.8. The van der Waals surface area contributed by atoms with Crippen LogP contribution in [0.4, 0.5) is 4.39 Å². The topological polar surface area (TPSA) is 98.0 Å². The minimum atomic E-state index is -1.23. The monoisotopic (exact) mass is 434 g/mol. The number of aromatic nitrogens is 4. The summed E-state index contributed by atoms with van der Waals surface area (Å²) in [4.78, 5) is 31.8. The maximum atomic E-state index is 14.7. The van der Waals surface area contributed by atoms with E-state index in [-0.39, 0.29) is 27.0 Å². The van der Waals surface area contributed by atoms with E-state index in [4.69, 9.17) is 28.3 Å². The zero-order valence-corrected chi connectivity index (χ0v) is 16.3. The number of carbonyl (C=O) groups excluding carboxylic acids is 1. The van der Waals surface area contributed by atoms with Crippen LogP contribution in [0.1, 0.15) is 44.8 Å². The maximum absolute atomic E-state index is 14.7. The summed E-state index contributed by atoms with van der Waals surface area (Å²) < 4.78 is 15.8. The van der Waals surface area contributed by atoms with E-state index < -0.39 is 17.7 Å². The Hall–Kier alpha value is -2.84. The van der Waals surface area contributed by atoms with E-state index in [0.717, 1.165) is 30.8 Å². The van der Waals surface area contributed by atoms with Crippen LogP contribution in [0.25, 0.3) is 11.3 Å². The minimum absolute atomic E-state index is 0.0834. The first-order chi connectivity index (χ1) is 13.9. The van der Waals surface area contributed by atoms with Gasteiger partial charge in [-0.3, -0.25) is 4.79 Å². The Morgan fingerprint density at radius 1 is 1.10 bits per heavy atom. The Morgan fingerprint density at radius 2 is 1.79 bits per heavy atom. The fourth-order valence-corrected chi connectivity index (χ4v) is 3.93. The van der Waals surface area contributed by atoms with E-state index >= 15 is 0 Å². The van der Waals surface area contributed by atoms with Crippen molar-refractivity contribution >= 4 is 35.1 Å². The van der Waals surface area contributed by atoms with Gasteiger partial charge in [-0.25, -0.2) is 19.2 Å². The second-order valence-electron chi connectivity index (χ2n) is 6.53. The molecular formula is C19H13Cl2FN4O3. The van der Waals surface area contributed by atoms with E-state index in [1.54, 1.807) is 0 Å². The van der Waals surface area contributed by atoms with E-state index in [1.165, 1.54) is 16.8 Å². The van der Waals surface area contributed by atoms with Crippen LogP contribution in [0.3, 0.4) is 0 Å². The van der Waals surface area contributed by atoms with E-state index in [0.29, 0.717) is 24.2 Å². The Kier molecular flexibility index (Phi) is 5.06. The predicted octanol–water partition coefficient (Wildman–Crippen LogP) is 4.05. The summed E-state index contributed by atoms with van der Waals surface area (Å²) in [5.41, 5.74) is 1.56. The van der Waals surface area contributed by atoms with Crippen LogP contribution in [0.5, 0.6) is 0 Å². The van der Waals surface area contributed by atoms with Crippen LogP contribution in [-0.2, 0) is 12.8 Å². The highest BCUT2D eigenvalue weighted by atomic mass is 35.5. The summed E-state index contributed by atoms with van der Waals surface area (Å²) in [6, 6.07) is 3.60. The average molecular weight is 435 g/mol. The smallest absolute Gasteiger partial charge is 0.335 e. The van der Waals surface area contributed by atoms with Gasteiger partial charge in [0.05, 0.1) is 17.0 Å². The molecule has 1 N–H and O–H groups in total. The molecule has 0 fully saturated rings. The van der Waals surface area contributed by atoms with Gasteiger partial charge in [-0.2, -0.15) is 9.78 Å². The summed E-state index contributed by atoms with van der Waals surface area (Å²) in [6.45, 7) is 0.